The lowest BCUT2D eigenvalue weighted by Crippen LogP contribution is -2.21. The molecule has 5 N–H and O–H groups in total. The zero-order valence-electron chi connectivity index (χ0n) is 11.9. The van der Waals surface area contributed by atoms with E-state index in [2.05, 4.69) is 20.3 Å². The first-order valence-electron chi connectivity index (χ1n) is 6.43. The van der Waals surface area contributed by atoms with Gasteiger partial charge in [-0.15, -0.1) is 11.3 Å². The number of nitrogens with one attached hydrogen (secondary N) is 1. The number of hydrogen-bond acceptors (Lipinski definition) is 6. The Labute approximate surface area is 132 Å². The predicted molar refractivity (Wildman–Crippen MR) is 89.7 cm³/mol. The molecule has 0 radical (unpaired) electrons. The van der Waals surface area contributed by atoms with E-state index in [1.165, 1.54) is 23.1 Å². The molecule has 9 heteroatoms. The highest BCUT2D eigenvalue weighted by Gasteiger charge is 2.01. The van der Waals surface area contributed by atoms with E-state index in [0.717, 1.165) is 37.9 Å². The van der Waals surface area contributed by atoms with Crippen LogP contribution in [0.15, 0.2) is 15.4 Å². The molecule has 0 aliphatic rings. The zero-order valence-corrected chi connectivity index (χ0v) is 13.5. The Morgan fingerprint density at radius 2 is 2.29 bits per heavy atom. The molecule has 1 aromatic heterocycles. The third-order valence-corrected chi connectivity index (χ3v) is 3.87. The van der Waals surface area contributed by atoms with Crippen LogP contribution < -0.4 is 16.8 Å². The van der Waals surface area contributed by atoms with Crippen LogP contribution in [0.3, 0.4) is 0 Å². The monoisotopic (exact) mass is 325 g/mol. The van der Waals surface area contributed by atoms with Crippen molar-refractivity contribution in [1.29, 1.82) is 5.26 Å². The van der Waals surface area contributed by atoms with Crippen LogP contribution in [0.25, 0.3) is 0 Å². The Hall–Kier alpha value is -1.79. The van der Waals surface area contributed by atoms with Crippen molar-refractivity contribution < 1.29 is 0 Å². The van der Waals surface area contributed by atoms with E-state index >= 15 is 0 Å². The SMILES string of the molecule is CSC(=NCCCCCc1csc(N=C(N)N)n1)NC#N. The van der Waals surface area contributed by atoms with Crippen molar-refractivity contribution in [3.63, 3.8) is 0 Å². The predicted octanol–water partition coefficient (Wildman–Crippen LogP) is 1.55. The molecule has 0 aliphatic heterocycles. The standard InChI is InChI=1S/C12H19N7S2/c1-20-11(17-8-13)16-6-4-2-3-5-9-7-21-12(18-9)19-10(14)15/h7H,2-6H2,1H3,(H,16,17)(H4,14,15,18,19). The van der Waals surface area contributed by atoms with Crippen LogP contribution in [0.4, 0.5) is 5.13 Å². The molecule has 1 rings (SSSR count). The van der Waals surface area contributed by atoms with Crippen molar-refractivity contribution in [2.45, 2.75) is 25.7 Å². The highest BCUT2D eigenvalue weighted by atomic mass is 32.2. The number of thiazole rings is 1. The first kappa shape index (κ1) is 17.3. The summed E-state index contributed by atoms with van der Waals surface area (Å²) in [6.45, 7) is 0.723. The van der Waals surface area contributed by atoms with Crippen LogP contribution in [0.2, 0.25) is 0 Å². The highest BCUT2D eigenvalue weighted by Crippen LogP contribution is 2.19. The number of hydrogen-bond donors (Lipinski definition) is 3. The molecule has 0 aromatic carbocycles. The quantitative estimate of drug-likeness (QED) is 0.229. The zero-order chi connectivity index (χ0) is 15.5. The van der Waals surface area contributed by atoms with Gasteiger partial charge >= 0.3 is 0 Å². The summed E-state index contributed by atoms with van der Waals surface area (Å²) in [5.74, 6) is 0.0318. The molecule has 114 valence electrons. The largest absolute Gasteiger partial charge is 0.370 e. The molecular weight excluding hydrogens is 306 g/mol. The average Bonchev–Trinajstić information content (AvgIpc) is 2.88. The number of aliphatic imine (C=N–C) groups is 2. The second-order valence-corrected chi connectivity index (χ2v) is 5.73. The van der Waals surface area contributed by atoms with Gasteiger partial charge in [0.1, 0.15) is 0 Å². The Bertz CT molecular complexity index is 526. The van der Waals surface area contributed by atoms with E-state index in [4.69, 9.17) is 16.7 Å². The summed E-state index contributed by atoms with van der Waals surface area (Å²) in [6.07, 6.45) is 7.76. The topological polar surface area (TPSA) is 125 Å². The van der Waals surface area contributed by atoms with Gasteiger partial charge in [0.15, 0.2) is 17.3 Å². The van der Waals surface area contributed by atoms with Gasteiger partial charge in [-0.05, 0) is 25.5 Å². The summed E-state index contributed by atoms with van der Waals surface area (Å²) in [6, 6.07) is 0. The van der Waals surface area contributed by atoms with Gasteiger partial charge in [-0.1, -0.05) is 18.2 Å². The van der Waals surface area contributed by atoms with Crippen LogP contribution in [0.1, 0.15) is 25.0 Å². The van der Waals surface area contributed by atoms with Crippen molar-refractivity contribution in [2.75, 3.05) is 12.8 Å². The molecule has 0 aliphatic carbocycles. The number of aromatic nitrogens is 1. The number of rotatable bonds is 7. The van der Waals surface area contributed by atoms with Crippen molar-refractivity contribution in [3.8, 4) is 6.19 Å². The van der Waals surface area contributed by atoms with E-state index in [1.54, 1.807) is 0 Å². The molecule has 0 atom stereocenters. The van der Waals surface area contributed by atoms with E-state index < -0.39 is 0 Å². The summed E-state index contributed by atoms with van der Waals surface area (Å²) in [5, 5.41) is 14.3. The van der Waals surface area contributed by atoms with Crippen molar-refractivity contribution in [1.82, 2.24) is 10.3 Å². The molecule has 0 fully saturated rings. The average molecular weight is 325 g/mol. The molecule has 0 spiro atoms. The number of nitriles is 1. The maximum Gasteiger partial charge on any atom is 0.212 e. The molecular formula is C12H19N7S2. The van der Waals surface area contributed by atoms with E-state index in [1.807, 2.05) is 17.8 Å². The smallest absolute Gasteiger partial charge is 0.212 e. The number of amidine groups is 1. The van der Waals surface area contributed by atoms with Gasteiger partial charge in [0.25, 0.3) is 0 Å². The molecule has 21 heavy (non-hydrogen) atoms. The van der Waals surface area contributed by atoms with Gasteiger partial charge in [0.2, 0.25) is 5.13 Å². The summed E-state index contributed by atoms with van der Waals surface area (Å²) in [5.41, 5.74) is 11.6. The lowest BCUT2D eigenvalue weighted by molar-refractivity contribution is 0.681. The fraction of sp³-hybridized carbons (Fsp3) is 0.500. The summed E-state index contributed by atoms with van der Waals surface area (Å²) >= 11 is 2.87. The number of aryl methyl sites for hydroxylation is 1. The third kappa shape index (κ3) is 7.53. The lowest BCUT2D eigenvalue weighted by atomic mass is 10.1. The van der Waals surface area contributed by atoms with Crippen LogP contribution in [0.5, 0.6) is 0 Å². The number of nitrogens with two attached hydrogens (primary N) is 2. The van der Waals surface area contributed by atoms with Crippen LogP contribution in [0, 0.1) is 11.5 Å². The van der Waals surface area contributed by atoms with Gasteiger partial charge in [0.05, 0.1) is 5.69 Å². The van der Waals surface area contributed by atoms with Crippen LogP contribution in [-0.4, -0.2) is 28.9 Å². The van der Waals surface area contributed by atoms with Gasteiger partial charge in [0, 0.05) is 11.9 Å². The summed E-state index contributed by atoms with van der Waals surface area (Å²) in [4.78, 5) is 12.5. The van der Waals surface area contributed by atoms with Gasteiger partial charge in [-0.25, -0.2) is 4.98 Å². The maximum absolute atomic E-state index is 8.51. The van der Waals surface area contributed by atoms with Crippen LogP contribution >= 0.6 is 23.1 Å². The molecule has 0 bridgehead atoms. The van der Waals surface area contributed by atoms with E-state index in [-0.39, 0.29) is 5.96 Å². The second-order valence-electron chi connectivity index (χ2n) is 4.10. The van der Waals surface area contributed by atoms with Crippen LogP contribution in [-0.2, 0) is 6.42 Å². The Morgan fingerprint density at radius 1 is 1.48 bits per heavy atom. The molecule has 7 nitrogen and oxygen atoms in total. The first-order chi connectivity index (χ1) is 10.2. The van der Waals surface area contributed by atoms with Gasteiger partial charge in [-0.3, -0.25) is 10.3 Å². The second kappa shape index (κ2) is 10.0. The molecule has 0 saturated carbocycles. The third-order valence-electron chi connectivity index (χ3n) is 2.47. The van der Waals surface area contributed by atoms with Gasteiger partial charge < -0.3 is 11.5 Å². The van der Waals surface area contributed by atoms with Gasteiger partial charge in [-0.2, -0.15) is 10.3 Å². The minimum absolute atomic E-state index is 0.0318. The van der Waals surface area contributed by atoms with Crippen molar-refractivity contribution >= 4 is 39.4 Å². The summed E-state index contributed by atoms with van der Waals surface area (Å²) in [7, 11) is 0. The number of thioether (sulfide) groups is 1. The fourth-order valence-electron chi connectivity index (χ4n) is 1.55. The molecule has 0 unspecified atom stereocenters. The molecule has 0 saturated heterocycles. The molecule has 1 heterocycles. The number of unbranched alkanes of at least 4 members (excludes halogenated alkanes) is 2. The number of nitrogens with zero attached hydrogens (tertiary/aromatic N) is 4. The normalized spacial score (nSPS) is 11.0. The molecule has 1 aromatic rings. The molecule has 0 amide bonds. The summed E-state index contributed by atoms with van der Waals surface area (Å²) < 4.78 is 0. The van der Waals surface area contributed by atoms with Crippen molar-refractivity contribution in [2.24, 2.45) is 21.5 Å². The van der Waals surface area contributed by atoms with E-state index in [0.29, 0.717) is 10.3 Å². The Balaban J connectivity index is 2.21. The fourth-order valence-corrected chi connectivity index (χ4v) is 2.66. The first-order valence-corrected chi connectivity index (χ1v) is 8.53. The minimum atomic E-state index is 0.0318. The maximum atomic E-state index is 8.51. The van der Waals surface area contributed by atoms with E-state index in [9.17, 15) is 0 Å². The minimum Gasteiger partial charge on any atom is -0.370 e. The Morgan fingerprint density at radius 3 is 2.95 bits per heavy atom. The van der Waals surface area contributed by atoms with Crippen molar-refractivity contribution in [3.05, 3.63) is 11.1 Å². The Kier molecular flexibility index (Phi) is 8.23. The number of guanidine groups is 1. The lowest BCUT2D eigenvalue weighted by Gasteiger charge is -2.00. The highest BCUT2D eigenvalue weighted by molar-refractivity contribution is 8.13.